The number of hydrogen-bond acceptors (Lipinski definition) is 10. The number of hydrogen-bond donors (Lipinski definition) is 3. The SMILES string of the molecule is C=C[C@@H]1C[C@]1(NC(=O)[C@@H]1C[C@@H](Oc2nc(Cl)cc(Cl)n2)CN1C(=O)[C@@H](NC(=O)OC1CCCC1)C(C)(C)C)C(=O)NS(=O)(=O)C1CC1. The molecule has 5 atom stereocenters. The van der Waals surface area contributed by atoms with Gasteiger partial charge < -0.3 is 25.0 Å². The van der Waals surface area contributed by atoms with Crippen molar-refractivity contribution in [3.63, 3.8) is 0 Å². The third-order valence-electron chi connectivity index (χ3n) is 8.96. The van der Waals surface area contributed by atoms with E-state index in [0.717, 1.165) is 25.7 Å². The molecule has 1 aromatic heterocycles. The first-order valence-electron chi connectivity index (χ1n) is 15.7. The zero-order valence-electron chi connectivity index (χ0n) is 26.5. The molecule has 0 spiro atoms. The van der Waals surface area contributed by atoms with Crippen molar-refractivity contribution in [2.75, 3.05) is 6.54 Å². The molecule has 17 heteroatoms. The monoisotopic (exact) mass is 714 g/mol. The number of halogens is 2. The maximum absolute atomic E-state index is 14.3. The van der Waals surface area contributed by atoms with Crippen molar-refractivity contribution in [3.05, 3.63) is 29.0 Å². The molecule has 4 aliphatic rings. The lowest BCUT2D eigenvalue weighted by Crippen LogP contribution is -2.60. The number of nitrogens with one attached hydrogen (secondary N) is 3. The summed E-state index contributed by atoms with van der Waals surface area (Å²) in [6.07, 6.45) is 4.05. The molecule has 0 radical (unpaired) electrons. The second-order valence-corrected chi connectivity index (χ2v) is 16.5. The van der Waals surface area contributed by atoms with Crippen LogP contribution in [0.2, 0.25) is 10.3 Å². The molecule has 1 aromatic rings. The van der Waals surface area contributed by atoms with Crippen LogP contribution < -0.4 is 20.1 Å². The van der Waals surface area contributed by atoms with Gasteiger partial charge in [-0.3, -0.25) is 19.1 Å². The van der Waals surface area contributed by atoms with E-state index in [-0.39, 0.29) is 41.8 Å². The van der Waals surface area contributed by atoms with Gasteiger partial charge in [-0.05, 0) is 50.4 Å². The number of carbonyl (C=O) groups is 4. The number of ether oxygens (including phenoxy) is 2. The minimum atomic E-state index is -3.90. The van der Waals surface area contributed by atoms with E-state index >= 15 is 0 Å². The average Bonchev–Trinajstić information content (AvgIpc) is 3.85. The van der Waals surface area contributed by atoms with Crippen molar-refractivity contribution in [2.45, 2.75) is 107 Å². The van der Waals surface area contributed by atoms with Gasteiger partial charge in [0.2, 0.25) is 21.8 Å². The van der Waals surface area contributed by atoms with E-state index in [0.29, 0.717) is 12.8 Å². The molecule has 0 bridgehead atoms. The largest absolute Gasteiger partial charge is 0.458 e. The number of amides is 4. The first-order valence-corrected chi connectivity index (χ1v) is 18.0. The Morgan fingerprint density at radius 2 is 1.72 bits per heavy atom. The summed E-state index contributed by atoms with van der Waals surface area (Å²) in [5.41, 5.74) is -2.37. The maximum atomic E-state index is 14.3. The maximum Gasteiger partial charge on any atom is 0.408 e. The Balaban J connectivity index is 1.39. The Hall–Kier alpha value is -3.17. The molecule has 4 fully saturated rings. The first kappa shape index (κ1) is 35.1. The van der Waals surface area contributed by atoms with Crippen LogP contribution in [0.15, 0.2) is 18.7 Å². The average molecular weight is 716 g/mol. The van der Waals surface area contributed by atoms with Gasteiger partial charge in [0.05, 0.1) is 11.8 Å². The first-order chi connectivity index (χ1) is 22.0. The zero-order chi connectivity index (χ0) is 34.3. The van der Waals surface area contributed by atoms with E-state index < -0.39 is 74.1 Å². The molecule has 0 unspecified atom stereocenters. The normalized spacial score (nSPS) is 26.7. The molecule has 3 saturated carbocycles. The lowest BCUT2D eigenvalue weighted by molar-refractivity contribution is -0.143. The van der Waals surface area contributed by atoms with E-state index in [2.05, 4.69) is 31.9 Å². The highest BCUT2D eigenvalue weighted by molar-refractivity contribution is 7.91. The van der Waals surface area contributed by atoms with Crippen LogP contribution in [0.3, 0.4) is 0 Å². The summed E-state index contributed by atoms with van der Waals surface area (Å²) in [5.74, 6) is -2.69. The molecular formula is C30H40Cl2N6O8S. The fraction of sp³-hybridized carbons (Fsp3) is 0.667. The van der Waals surface area contributed by atoms with Gasteiger partial charge in [-0.2, -0.15) is 9.97 Å². The minimum absolute atomic E-state index is 0.0244. The van der Waals surface area contributed by atoms with Crippen LogP contribution in [0.25, 0.3) is 0 Å². The van der Waals surface area contributed by atoms with Gasteiger partial charge in [-0.15, -0.1) is 6.58 Å². The van der Waals surface area contributed by atoms with Crippen LogP contribution >= 0.6 is 23.2 Å². The quantitative estimate of drug-likeness (QED) is 0.227. The van der Waals surface area contributed by atoms with E-state index in [1.807, 2.05) is 0 Å². The highest BCUT2D eigenvalue weighted by Gasteiger charge is 2.62. The zero-order valence-corrected chi connectivity index (χ0v) is 28.8. The minimum Gasteiger partial charge on any atom is -0.458 e. The van der Waals surface area contributed by atoms with Crippen LogP contribution in [0.1, 0.15) is 72.1 Å². The lowest BCUT2D eigenvalue weighted by atomic mass is 9.85. The van der Waals surface area contributed by atoms with Crippen molar-refractivity contribution >= 4 is 57.0 Å². The molecular weight excluding hydrogens is 675 g/mol. The van der Waals surface area contributed by atoms with Crippen molar-refractivity contribution < 1.29 is 37.1 Å². The molecule has 0 aromatic carbocycles. The van der Waals surface area contributed by atoms with Gasteiger partial charge in [0.25, 0.3) is 5.91 Å². The van der Waals surface area contributed by atoms with Crippen molar-refractivity contribution in [2.24, 2.45) is 11.3 Å². The van der Waals surface area contributed by atoms with E-state index in [1.165, 1.54) is 17.0 Å². The summed E-state index contributed by atoms with van der Waals surface area (Å²) in [6, 6.07) is -1.14. The molecule has 3 aliphatic carbocycles. The molecule has 1 aliphatic heterocycles. The van der Waals surface area contributed by atoms with Gasteiger partial charge in [0.1, 0.15) is 40.1 Å². The van der Waals surface area contributed by atoms with Crippen LogP contribution in [0, 0.1) is 11.3 Å². The number of sulfonamides is 1. The summed E-state index contributed by atoms with van der Waals surface area (Å²) < 4.78 is 38.7. The second kappa shape index (κ2) is 13.4. The van der Waals surface area contributed by atoms with Crippen molar-refractivity contribution in [3.8, 4) is 6.01 Å². The Bertz CT molecular complexity index is 1520. The fourth-order valence-electron chi connectivity index (χ4n) is 6.09. The van der Waals surface area contributed by atoms with E-state index in [1.54, 1.807) is 20.8 Å². The van der Waals surface area contributed by atoms with Gasteiger partial charge in [-0.25, -0.2) is 13.2 Å². The predicted octanol–water partition coefficient (Wildman–Crippen LogP) is 2.88. The summed E-state index contributed by atoms with van der Waals surface area (Å²) >= 11 is 12.0. The summed E-state index contributed by atoms with van der Waals surface area (Å²) in [5, 5.41) is 4.83. The molecule has 2 heterocycles. The van der Waals surface area contributed by atoms with Gasteiger partial charge in [0, 0.05) is 18.4 Å². The molecule has 3 N–H and O–H groups in total. The van der Waals surface area contributed by atoms with E-state index in [9.17, 15) is 27.6 Å². The third kappa shape index (κ3) is 8.11. The fourth-order valence-corrected chi connectivity index (χ4v) is 7.86. The predicted molar refractivity (Wildman–Crippen MR) is 171 cm³/mol. The Morgan fingerprint density at radius 1 is 1.09 bits per heavy atom. The number of likely N-dealkylation sites (tertiary alicyclic amines) is 1. The molecule has 1 saturated heterocycles. The summed E-state index contributed by atoms with van der Waals surface area (Å²) in [4.78, 5) is 63.8. The topological polar surface area (TPSA) is 186 Å². The summed E-state index contributed by atoms with van der Waals surface area (Å²) in [6.45, 7) is 8.92. The Morgan fingerprint density at radius 3 is 2.28 bits per heavy atom. The van der Waals surface area contributed by atoms with Crippen molar-refractivity contribution in [1.82, 2.24) is 30.2 Å². The van der Waals surface area contributed by atoms with Crippen molar-refractivity contribution in [1.29, 1.82) is 0 Å². The number of nitrogens with zero attached hydrogens (tertiary/aromatic N) is 3. The third-order valence-corrected chi connectivity index (χ3v) is 11.2. The van der Waals surface area contributed by atoms with E-state index in [4.69, 9.17) is 32.7 Å². The Kier molecular flexibility index (Phi) is 10.0. The number of aromatic nitrogens is 2. The van der Waals surface area contributed by atoms with Gasteiger partial charge in [-0.1, -0.05) is 50.0 Å². The standard InChI is InChI=1S/C30H40Cl2N6O8S/c1-5-16-14-30(16,26(41)37-47(43,44)19-10-11-19)36-24(39)20-12-18(45-27-33-21(31)13-22(32)34-27)15-38(20)25(40)23(29(2,3)4)35-28(42)46-17-8-6-7-9-17/h5,13,16-20,23H,1,6-12,14-15H2,2-4H3,(H,35,42)(H,36,39)(H,37,41)/t16-,18-,20+,23-,30-/m1/s1. The summed E-state index contributed by atoms with van der Waals surface area (Å²) in [7, 11) is -3.90. The number of alkyl carbamates (subject to hydrolysis) is 1. The highest BCUT2D eigenvalue weighted by Crippen LogP contribution is 2.45. The lowest BCUT2D eigenvalue weighted by Gasteiger charge is -2.35. The molecule has 258 valence electrons. The van der Waals surface area contributed by atoms with Gasteiger partial charge in [0.15, 0.2) is 0 Å². The Labute approximate surface area is 283 Å². The smallest absolute Gasteiger partial charge is 0.408 e. The van der Waals surface area contributed by atoms with Gasteiger partial charge >= 0.3 is 12.1 Å². The molecule has 4 amide bonds. The van der Waals surface area contributed by atoms with Crippen LogP contribution in [-0.2, 0) is 29.1 Å². The van der Waals surface area contributed by atoms with Crippen LogP contribution in [-0.4, -0.2) is 88.7 Å². The van der Waals surface area contributed by atoms with Crippen LogP contribution in [0.5, 0.6) is 6.01 Å². The van der Waals surface area contributed by atoms with Crippen LogP contribution in [0.4, 0.5) is 4.79 Å². The number of rotatable bonds is 11. The molecule has 14 nitrogen and oxygen atoms in total. The highest BCUT2D eigenvalue weighted by atomic mass is 35.5. The number of carbonyl (C=O) groups excluding carboxylic acids is 4. The second-order valence-electron chi connectivity index (χ2n) is 13.7. The molecule has 47 heavy (non-hydrogen) atoms. The molecule has 5 rings (SSSR count).